The van der Waals surface area contributed by atoms with E-state index in [4.69, 9.17) is 9.47 Å². The summed E-state index contributed by atoms with van der Waals surface area (Å²) in [6, 6.07) is 2.93. The molecule has 0 atom stereocenters. The van der Waals surface area contributed by atoms with Gasteiger partial charge in [-0.2, -0.15) is 13.2 Å². The standard InChI is InChI=1S/C22H23F3N2O6/c1-31-18(28)8-6-11-26-16-10-9-14(22(23,24)25)13-17(16)27-12-5-4-7-15(20(29)32-2)19(27)21(30)33-3/h4-5,7,9-10,12-13,26H,6,8,11H2,1-3H3. The molecule has 1 N–H and O–H groups in total. The van der Waals surface area contributed by atoms with Crippen molar-refractivity contribution in [3.8, 4) is 0 Å². The van der Waals surface area contributed by atoms with E-state index in [1.807, 2.05) is 0 Å². The Labute approximate surface area is 188 Å². The fraction of sp³-hybridized carbons (Fsp3) is 0.318. The van der Waals surface area contributed by atoms with E-state index in [1.165, 1.54) is 37.6 Å². The maximum atomic E-state index is 13.5. The largest absolute Gasteiger partial charge is 0.469 e. The van der Waals surface area contributed by atoms with Crippen LogP contribution in [0.2, 0.25) is 0 Å². The van der Waals surface area contributed by atoms with Crippen molar-refractivity contribution >= 4 is 29.3 Å². The monoisotopic (exact) mass is 468 g/mol. The maximum Gasteiger partial charge on any atom is 0.416 e. The number of carbonyl (C=O) groups is 3. The summed E-state index contributed by atoms with van der Waals surface area (Å²) >= 11 is 0. The molecule has 0 aromatic heterocycles. The summed E-state index contributed by atoms with van der Waals surface area (Å²) in [5.74, 6) is -2.26. The van der Waals surface area contributed by atoms with Crippen LogP contribution in [0.25, 0.3) is 0 Å². The molecule has 0 unspecified atom stereocenters. The zero-order valence-corrected chi connectivity index (χ0v) is 18.2. The summed E-state index contributed by atoms with van der Waals surface area (Å²) in [5.41, 5.74) is -1.34. The number of methoxy groups -OCH3 is 3. The van der Waals surface area contributed by atoms with Crippen LogP contribution in [0.4, 0.5) is 24.5 Å². The Kier molecular flexibility index (Phi) is 8.66. The summed E-state index contributed by atoms with van der Waals surface area (Å²) in [4.78, 5) is 37.3. The molecule has 0 saturated heterocycles. The number of rotatable bonds is 8. The molecule has 1 aromatic carbocycles. The Bertz CT molecular complexity index is 998. The van der Waals surface area contributed by atoms with E-state index in [0.29, 0.717) is 6.42 Å². The van der Waals surface area contributed by atoms with Gasteiger partial charge in [0.15, 0.2) is 0 Å². The Morgan fingerprint density at radius 2 is 1.70 bits per heavy atom. The highest BCUT2D eigenvalue weighted by Gasteiger charge is 2.34. The zero-order valence-electron chi connectivity index (χ0n) is 18.2. The molecule has 0 bridgehead atoms. The fourth-order valence-corrected chi connectivity index (χ4v) is 2.97. The van der Waals surface area contributed by atoms with Gasteiger partial charge in [-0.3, -0.25) is 4.79 Å². The highest BCUT2D eigenvalue weighted by molar-refractivity contribution is 6.06. The number of carbonyl (C=O) groups excluding carboxylic acids is 3. The van der Waals surface area contributed by atoms with E-state index in [-0.39, 0.29) is 35.6 Å². The van der Waals surface area contributed by atoms with Gasteiger partial charge in [-0.1, -0.05) is 6.08 Å². The van der Waals surface area contributed by atoms with E-state index >= 15 is 0 Å². The molecule has 0 fully saturated rings. The number of esters is 3. The van der Waals surface area contributed by atoms with Crippen LogP contribution in [-0.4, -0.2) is 45.8 Å². The topological polar surface area (TPSA) is 94.2 Å². The molecule has 0 amide bonds. The molecule has 11 heteroatoms. The predicted octanol–water partition coefficient (Wildman–Crippen LogP) is 3.56. The lowest BCUT2D eigenvalue weighted by Gasteiger charge is -2.26. The van der Waals surface area contributed by atoms with Crippen LogP contribution in [0, 0.1) is 0 Å². The highest BCUT2D eigenvalue weighted by atomic mass is 19.4. The molecule has 0 radical (unpaired) electrons. The number of allylic oxidation sites excluding steroid dienone is 2. The van der Waals surface area contributed by atoms with Crippen molar-refractivity contribution in [3.63, 3.8) is 0 Å². The fourth-order valence-electron chi connectivity index (χ4n) is 2.97. The van der Waals surface area contributed by atoms with Crippen LogP contribution < -0.4 is 10.2 Å². The number of nitrogens with one attached hydrogen (secondary N) is 1. The molecule has 33 heavy (non-hydrogen) atoms. The van der Waals surface area contributed by atoms with E-state index in [9.17, 15) is 27.6 Å². The first-order valence-corrected chi connectivity index (χ1v) is 9.71. The summed E-state index contributed by atoms with van der Waals surface area (Å²) in [6.45, 7) is 0.227. The van der Waals surface area contributed by atoms with Gasteiger partial charge in [0.2, 0.25) is 0 Å². The summed E-state index contributed by atoms with van der Waals surface area (Å²) in [5, 5.41) is 2.96. The minimum absolute atomic E-state index is 0.0651. The third kappa shape index (κ3) is 6.37. The van der Waals surface area contributed by atoms with Crippen molar-refractivity contribution in [2.45, 2.75) is 19.0 Å². The molecule has 2 rings (SSSR count). The van der Waals surface area contributed by atoms with E-state index < -0.39 is 29.6 Å². The van der Waals surface area contributed by atoms with Crippen molar-refractivity contribution in [1.82, 2.24) is 0 Å². The van der Waals surface area contributed by atoms with Gasteiger partial charge >= 0.3 is 24.1 Å². The predicted molar refractivity (Wildman–Crippen MR) is 113 cm³/mol. The average molecular weight is 468 g/mol. The average Bonchev–Trinajstić information content (AvgIpc) is 3.02. The van der Waals surface area contributed by atoms with Crippen LogP contribution in [0.3, 0.4) is 0 Å². The summed E-state index contributed by atoms with van der Waals surface area (Å²) < 4.78 is 54.5. The van der Waals surface area contributed by atoms with Crippen molar-refractivity contribution < 1.29 is 41.8 Å². The second-order valence-electron chi connectivity index (χ2n) is 6.65. The molecule has 1 aromatic rings. The third-order valence-corrected chi connectivity index (χ3v) is 4.57. The number of benzene rings is 1. The molecule has 1 aliphatic rings. The van der Waals surface area contributed by atoms with E-state index in [1.54, 1.807) is 0 Å². The molecule has 8 nitrogen and oxygen atoms in total. The Morgan fingerprint density at radius 1 is 1.00 bits per heavy atom. The van der Waals surface area contributed by atoms with Gasteiger partial charge < -0.3 is 24.4 Å². The Morgan fingerprint density at radius 3 is 2.30 bits per heavy atom. The minimum atomic E-state index is -4.66. The van der Waals surface area contributed by atoms with Gasteiger partial charge in [0.1, 0.15) is 5.70 Å². The lowest BCUT2D eigenvalue weighted by Crippen LogP contribution is -2.28. The van der Waals surface area contributed by atoms with Gasteiger partial charge in [-0.25, -0.2) is 9.59 Å². The first-order valence-electron chi connectivity index (χ1n) is 9.71. The van der Waals surface area contributed by atoms with E-state index in [2.05, 4.69) is 10.1 Å². The number of nitrogens with zero attached hydrogens (tertiary/aromatic N) is 1. The molecule has 0 aliphatic carbocycles. The van der Waals surface area contributed by atoms with Crippen molar-refractivity contribution in [1.29, 1.82) is 0 Å². The Hall–Kier alpha value is -3.76. The number of anilines is 2. The molecule has 0 spiro atoms. The second kappa shape index (κ2) is 11.2. The summed E-state index contributed by atoms with van der Waals surface area (Å²) in [6.07, 6.45) is 1.29. The molecular formula is C22H23F3N2O6. The first kappa shape index (κ1) is 25.5. The number of hydrogen-bond donors (Lipinski definition) is 1. The van der Waals surface area contributed by atoms with Gasteiger partial charge in [-0.05, 0) is 36.8 Å². The van der Waals surface area contributed by atoms with Gasteiger partial charge in [0, 0.05) is 19.2 Å². The maximum absolute atomic E-state index is 13.5. The highest BCUT2D eigenvalue weighted by Crippen LogP contribution is 2.38. The number of halogens is 3. The van der Waals surface area contributed by atoms with E-state index in [0.717, 1.165) is 31.3 Å². The second-order valence-corrected chi connectivity index (χ2v) is 6.65. The lowest BCUT2D eigenvalue weighted by atomic mass is 10.1. The third-order valence-electron chi connectivity index (χ3n) is 4.57. The molecule has 178 valence electrons. The molecule has 1 heterocycles. The molecule has 0 saturated carbocycles. The van der Waals surface area contributed by atoms with Gasteiger partial charge in [0.25, 0.3) is 0 Å². The van der Waals surface area contributed by atoms with Crippen molar-refractivity contribution in [2.24, 2.45) is 0 Å². The summed E-state index contributed by atoms with van der Waals surface area (Å²) in [7, 11) is 3.45. The van der Waals surface area contributed by atoms with Crippen LogP contribution in [0.15, 0.2) is 53.9 Å². The van der Waals surface area contributed by atoms with Crippen LogP contribution in [0.5, 0.6) is 0 Å². The van der Waals surface area contributed by atoms with Gasteiger partial charge in [-0.15, -0.1) is 0 Å². The normalized spacial score (nSPS) is 13.5. The van der Waals surface area contributed by atoms with Crippen LogP contribution >= 0.6 is 0 Å². The van der Waals surface area contributed by atoms with Crippen LogP contribution in [-0.2, 0) is 34.8 Å². The SMILES string of the molecule is COC(=O)CCCNc1ccc(C(F)(F)F)cc1N1C=CC=CC(C(=O)OC)=C1C(=O)OC. The lowest BCUT2D eigenvalue weighted by molar-refractivity contribution is -0.141. The Balaban J connectivity index is 2.59. The number of hydrogen-bond acceptors (Lipinski definition) is 8. The van der Waals surface area contributed by atoms with Gasteiger partial charge in [0.05, 0.1) is 43.8 Å². The van der Waals surface area contributed by atoms with Crippen LogP contribution in [0.1, 0.15) is 18.4 Å². The molecule has 1 aliphatic heterocycles. The zero-order chi connectivity index (χ0) is 24.6. The van der Waals surface area contributed by atoms with Crippen molar-refractivity contribution in [2.75, 3.05) is 38.1 Å². The quantitative estimate of drug-likeness (QED) is 0.352. The van der Waals surface area contributed by atoms with Crippen molar-refractivity contribution in [3.05, 3.63) is 59.5 Å². The number of ether oxygens (including phenoxy) is 3. The molecular weight excluding hydrogens is 445 g/mol. The minimum Gasteiger partial charge on any atom is -0.469 e. The number of alkyl halides is 3. The first-order chi connectivity index (χ1) is 15.6. The smallest absolute Gasteiger partial charge is 0.416 e.